The maximum absolute atomic E-state index is 13.7. The van der Waals surface area contributed by atoms with Gasteiger partial charge in [0.1, 0.15) is 11.6 Å². The van der Waals surface area contributed by atoms with E-state index in [0.29, 0.717) is 29.7 Å². The van der Waals surface area contributed by atoms with Crippen LogP contribution >= 0.6 is 11.6 Å². The first-order valence-corrected chi connectivity index (χ1v) is 11.2. The Morgan fingerprint density at radius 3 is 2.56 bits per heavy atom. The summed E-state index contributed by atoms with van der Waals surface area (Å²) in [5, 5.41) is 16.5. The number of benzene rings is 1. The summed E-state index contributed by atoms with van der Waals surface area (Å²) >= 11 is 5.95. The number of nitrogens with one attached hydrogen (secondary N) is 1. The third-order valence-corrected chi connectivity index (χ3v) is 6.27. The van der Waals surface area contributed by atoms with Crippen molar-refractivity contribution in [1.82, 2.24) is 25.0 Å². The molecule has 1 N–H and O–H groups in total. The van der Waals surface area contributed by atoms with Gasteiger partial charge in [-0.15, -0.1) is 10.2 Å². The summed E-state index contributed by atoms with van der Waals surface area (Å²) in [6.45, 7) is 7.45. The summed E-state index contributed by atoms with van der Waals surface area (Å²) < 4.78 is 26.9. The van der Waals surface area contributed by atoms with Crippen LogP contribution in [0.4, 0.5) is 16.4 Å². The Balaban J connectivity index is 1.33. The van der Waals surface area contributed by atoms with Crippen molar-refractivity contribution in [2.75, 3.05) is 23.3 Å². The Morgan fingerprint density at radius 2 is 1.94 bits per heavy atom. The van der Waals surface area contributed by atoms with Crippen LogP contribution in [0.2, 0.25) is 5.02 Å². The standard InChI is InChI=1S/C21H25ClFN7O2/c1-11(2)30-20(32-17-7-15(22)6-16(23)8-17)25-19(28-30)24-18-13-4-5-14(18)10-29(9-13)21-27-26-12(3)31-21/h6-8,11,13-14,18H,4-5,9-10H2,1-3H3,(H,24,28)/t13-,14+,18-. The predicted octanol–water partition coefficient (Wildman–Crippen LogP) is 4.46. The first-order valence-electron chi connectivity index (χ1n) is 10.8. The molecule has 2 aromatic heterocycles. The fourth-order valence-electron chi connectivity index (χ4n) is 4.65. The van der Waals surface area contributed by atoms with Crippen LogP contribution in [0.15, 0.2) is 22.6 Å². The zero-order valence-electron chi connectivity index (χ0n) is 18.1. The molecule has 1 aliphatic carbocycles. The number of nitrogens with zero attached hydrogens (tertiary/aromatic N) is 6. The van der Waals surface area contributed by atoms with E-state index in [1.807, 2.05) is 13.8 Å². The summed E-state index contributed by atoms with van der Waals surface area (Å²) in [6, 6.07) is 5.18. The van der Waals surface area contributed by atoms with E-state index < -0.39 is 5.82 Å². The number of anilines is 2. The number of halogens is 2. The highest BCUT2D eigenvalue weighted by Gasteiger charge is 2.43. The van der Waals surface area contributed by atoms with Gasteiger partial charge in [0.25, 0.3) is 0 Å². The molecule has 2 fully saturated rings. The Kier molecular flexibility index (Phi) is 5.40. The van der Waals surface area contributed by atoms with E-state index in [0.717, 1.165) is 25.9 Å². The third kappa shape index (κ3) is 4.11. The van der Waals surface area contributed by atoms with Gasteiger partial charge in [-0.2, -0.15) is 4.98 Å². The Bertz CT molecular complexity index is 1080. The molecule has 0 radical (unpaired) electrons. The van der Waals surface area contributed by atoms with Gasteiger partial charge in [0.2, 0.25) is 11.8 Å². The smallest absolute Gasteiger partial charge is 0.322 e. The topological polar surface area (TPSA) is 94.1 Å². The van der Waals surface area contributed by atoms with Crippen LogP contribution in [-0.4, -0.2) is 44.1 Å². The molecule has 3 atom stereocenters. The first-order chi connectivity index (χ1) is 15.4. The SMILES string of the molecule is Cc1nnc(N2C[C@H]3CC[C@@H](C2)[C@@H]3Nc2nc(Oc3cc(F)cc(Cl)c3)n(C(C)C)n2)o1. The van der Waals surface area contributed by atoms with Crippen LogP contribution in [-0.2, 0) is 0 Å². The Hall–Kier alpha value is -2.88. The molecule has 0 unspecified atom stereocenters. The van der Waals surface area contributed by atoms with E-state index in [4.69, 9.17) is 20.8 Å². The molecule has 5 rings (SSSR count). The van der Waals surface area contributed by atoms with Gasteiger partial charge in [0.15, 0.2) is 0 Å². The van der Waals surface area contributed by atoms with Crippen molar-refractivity contribution >= 4 is 23.6 Å². The van der Waals surface area contributed by atoms with Gasteiger partial charge in [-0.3, -0.25) is 0 Å². The molecule has 3 aromatic rings. The summed E-state index contributed by atoms with van der Waals surface area (Å²) in [5.74, 6) is 1.71. The molecule has 0 amide bonds. The van der Waals surface area contributed by atoms with E-state index in [1.165, 1.54) is 12.1 Å². The molecule has 3 heterocycles. The maximum Gasteiger partial charge on any atom is 0.322 e. The third-order valence-electron chi connectivity index (χ3n) is 6.05. The van der Waals surface area contributed by atoms with Crippen LogP contribution in [0.25, 0.3) is 0 Å². The summed E-state index contributed by atoms with van der Waals surface area (Å²) in [4.78, 5) is 6.73. The van der Waals surface area contributed by atoms with E-state index >= 15 is 0 Å². The van der Waals surface area contributed by atoms with Gasteiger partial charge in [-0.25, -0.2) is 9.07 Å². The molecule has 2 aliphatic rings. The van der Waals surface area contributed by atoms with Gasteiger partial charge < -0.3 is 19.4 Å². The zero-order valence-corrected chi connectivity index (χ0v) is 18.9. The number of hydrogen-bond acceptors (Lipinski definition) is 8. The highest BCUT2D eigenvalue weighted by atomic mass is 35.5. The van der Waals surface area contributed by atoms with Crippen molar-refractivity contribution in [3.63, 3.8) is 0 Å². The lowest BCUT2D eigenvalue weighted by Gasteiger charge is -2.37. The lowest BCUT2D eigenvalue weighted by Crippen LogP contribution is -2.48. The summed E-state index contributed by atoms with van der Waals surface area (Å²) in [6.07, 6.45) is 2.23. The van der Waals surface area contributed by atoms with Crippen LogP contribution in [0.5, 0.6) is 11.8 Å². The molecule has 9 nitrogen and oxygen atoms in total. The van der Waals surface area contributed by atoms with E-state index in [2.05, 4.69) is 30.5 Å². The monoisotopic (exact) mass is 461 g/mol. The second-order valence-corrected chi connectivity index (χ2v) is 9.18. The van der Waals surface area contributed by atoms with Gasteiger partial charge in [0.05, 0.1) is 6.04 Å². The number of fused-ring (bicyclic) bond motifs is 2. The van der Waals surface area contributed by atoms with Crippen molar-refractivity contribution in [2.45, 2.75) is 45.7 Å². The lowest BCUT2D eigenvalue weighted by molar-refractivity contribution is 0.356. The number of aryl methyl sites for hydroxylation is 1. The highest BCUT2D eigenvalue weighted by molar-refractivity contribution is 6.30. The summed E-state index contributed by atoms with van der Waals surface area (Å²) in [5.41, 5.74) is 0. The molecule has 1 aliphatic heterocycles. The molecule has 2 bridgehead atoms. The minimum atomic E-state index is -0.471. The molecule has 0 spiro atoms. The Morgan fingerprint density at radius 1 is 1.19 bits per heavy atom. The molecule has 1 aromatic carbocycles. The number of piperidine rings is 1. The first kappa shape index (κ1) is 21.0. The van der Waals surface area contributed by atoms with Crippen LogP contribution in [0.1, 0.15) is 38.6 Å². The second kappa shape index (κ2) is 8.23. The number of aromatic nitrogens is 5. The molecule has 1 saturated heterocycles. The van der Waals surface area contributed by atoms with Crippen molar-refractivity contribution in [2.24, 2.45) is 11.8 Å². The van der Waals surface area contributed by atoms with Crippen molar-refractivity contribution in [3.8, 4) is 11.8 Å². The average Bonchev–Trinajstić information content (AvgIpc) is 3.38. The summed E-state index contributed by atoms with van der Waals surface area (Å²) in [7, 11) is 0. The molecule has 170 valence electrons. The van der Waals surface area contributed by atoms with E-state index in [1.54, 1.807) is 17.7 Å². The van der Waals surface area contributed by atoms with Crippen molar-refractivity contribution in [3.05, 3.63) is 34.9 Å². The highest BCUT2D eigenvalue weighted by Crippen LogP contribution is 2.40. The largest absolute Gasteiger partial charge is 0.424 e. The zero-order chi connectivity index (χ0) is 22.4. The maximum atomic E-state index is 13.7. The molecule has 1 saturated carbocycles. The van der Waals surface area contributed by atoms with Crippen LogP contribution < -0.4 is 15.0 Å². The quantitative estimate of drug-likeness (QED) is 0.575. The van der Waals surface area contributed by atoms with Gasteiger partial charge >= 0.3 is 12.0 Å². The fraction of sp³-hybridized carbons (Fsp3) is 0.524. The van der Waals surface area contributed by atoms with Crippen molar-refractivity contribution < 1.29 is 13.5 Å². The normalized spacial score (nSPS) is 22.6. The molecule has 11 heteroatoms. The van der Waals surface area contributed by atoms with E-state index in [-0.39, 0.29) is 28.9 Å². The van der Waals surface area contributed by atoms with Gasteiger partial charge in [-0.1, -0.05) is 16.7 Å². The van der Waals surface area contributed by atoms with Crippen molar-refractivity contribution in [1.29, 1.82) is 0 Å². The molecular formula is C21H25ClFN7O2. The van der Waals surface area contributed by atoms with E-state index in [9.17, 15) is 4.39 Å². The number of ether oxygens (including phenoxy) is 1. The Labute approximate surface area is 189 Å². The average molecular weight is 462 g/mol. The minimum Gasteiger partial charge on any atom is -0.424 e. The lowest BCUT2D eigenvalue weighted by atomic mass is 9.92. The number of rotatable bonds is 6. The fourth-order valence-corrected chi connectivity index (χ4v) is 4.86. The van der Waals surface area contributed by atoms with Gasteiger partial charge in [0, 0.05) is 37.1 Å². The minimum absolute atomic E-state index is 0.0106. The van der Waals surface area contributed by atoms with Crippen LogP contribution in [0, 0.1) is 24.6 Å². The molecule has 32 heavy (non-hydrogen) atoms. The molecular weight excluding hydrogens is 437 g/mol. The van der Waals surface area contributed by atoms with Gasteiger partial charge in [-0.05, 0) is 50.7 Å². The van der Waals surface area contributed by atoms with Crippen LogP contribution in [0.3, 0.4) is 0 Å². The predicted molar refractivity (Wildman–Crippen MR) is 117 cm³/mol. The second-order valence-electron chi connectivity index (χ2n) is 8.74. The number of hydrogen-bond donors (Lipinski definition) is 1.